The number of aryl methyl sites for hydroxylation is 1. The van der Waals surface area contributed by atoms with Crippen LogP contribution in [-0.4, -0.2) is 34.8 Å². The monoisotopic (exact) mass is 379 g/mol. The van der Waals surface area contributed by atoms with Gasteiger partial charge in [-0.2, -0.15) is 4.98 Å². The Balaban J connectivity index is 1.79. The molecular weight excluding hydrogens is 362 g/mol. The molecule has 0 spiro atoms. The van der Waals surface area contributed by atoms with E-state index in [2.05, 4.69) is 34.3 Å². The first kappa shape index (κ1) is 17.2. The van der Waals surface area contributed by atoms with E-state index in [1.807, 2.05) is 25.1 Å². The number of methoxy groups -OCH3 is 2. The van der Waals surface area contributed by atoms with Gasteiger partial charge < -0.3 is 9.47 Å². The molecule has 0 bridgehead atoms. The van der Waals surface area contributed by atoms with E-state index in [0.29, 0.717) is 16.4 Å². The molecule has 136 valence electrons. The number of aromatic nitrogens is 3. The van der Waals surface area contributed by atoms with Gasteiger partial charge in [-0.05, 0) is 23.8 Å². The van der Waals surface area contributed by atoms with E-state index >= 15 is 0 Å². The van der Waals surface area contributed by atoms with Crippen LogP contribution in [0.15, 0.2) is 48.7 Å². The van der Waals surface area contributed by atoms with E-state index in [1.165, 1.54) is 37.2 Å². The van der Waals surface area contributed by atoms with Crippen LogP contribution < -0.4 is 0 Å². The second-order valence-corrected chi connectivity index (χ2v) is 6.94. The largest absolute Gasteiger partial charge is 0.503 e. The summed E-state index contributed by atoms with van der Waals surface area (Å²) in [4.78, 5) is 18.1. The van der Waals surface area contributed by atoms with Crippen molar-refractivity contribution in [1.29, 1.82) is 0 Å². The fourth-order valence-corrected chi connectivity index (χ4v) is 4.02. The zero-order valence-corrected chi connectivity index (χ0v) is 15.9. The highest BCUT2D eigenvalue weighted by Gasteiger charge is 2.22. The summed E-state index contributed by atoms with van der Waals surface area (Å²) >= 11 is 1.38. The highest BCUT2D eigenvalue weighted by Crippen LogP contribution is 2.31. The number of hydrogen-bond donors (Lipinski definition) is 0. The molecule has 0 amide bonds. The second-order valence-electron chi connectivity index (χ2n) is 5.97. The van der Waals surface area contributed by atoms with Crippen molar-refractivity contribution < 1.29 is 14.3 Å². The van der Waals surface area contributed by atoms with Crippen LogP contribution >= 0.6 is 11.3 Å². The van der Waals surface area contributed by atoms with Crippen molar-refractivity contribution in [2.45, 2.75) is 6.92 Å². The molecule has 0 aliphatic rings. The number of benzene rings is 2. The van der Waals surface area contributed by atoms with Gasteiger partial charge in [0.05, 0.1) is 31.1 Å². The molecule has 0 unspecified atom stereocenters. The van der Waals surface area contributed by atoms with E-state index in [0.717, 1.165) is 21.5 Å². The Morgan fingerprint density at radius 2 is 1.93 bits per heavy atom. The second kappa shape index (κ2) is 6.85. The first-order chi connectivity index (χ1) is 13.1. The van der Waals surface area contributed by atoms with Crippen molar-refractivity contribution in [1.82, 2.24) is 14.6 Å². The summed E-state index contributed by atoms with van der Waals surface area (Å²) in [6.07, 6.45) is 1.38. The summed E-state index contributed by atoms with van der Waals surface area (Å²) in [6, 6.07) is 14.3. The van der Waals surface area contributed by atoms with Crippen LogP contribution in [0.25, 0.3) is 32.7 Å². The first-order valence-electron chi connectivity index (χ1n) is 8.29. The van der Waals surface area contributed by atoms with Crippen LogP contribution in [0.1, 0.15) is 10.6 Å². The Morgan fingerprint density at radius 3 is 2.63 bits per heavy atom. The number of ether oxygens (including phenoxy) is 2. The van der Waals surface area contributed by atoms with Gasteiger partial charge >= 0.3 is 5.97 Å². The molecule has 0 aliphatic carbocycles. The average molecular weight is 379 g/mol. The molecule has 6 nitrogen and oxygen atoms in total. The lowest BCUT2D eigenvalue weighted by Crippen LogP contribution is -2.05. The van der Waals surface area contributed by atoms with E-state index in [9.17, 15) is 4.79 Å². The SMILES string of the molecule is CO/C=C(\C(=O)OC)c1sc2nc(-c3ccc4ccccc4c3)nn2c1C. The van der Waals surface area contributed by atoms with Gasteiger partial charge in [0.15, 0.2) is 5.82 Å². The predicted molar refractivity (Wildman–Crippen MR) is 106 cm³/mol. The van der Waals surface area contributed by atoms with Gasteiger partial charge in [-0.1, -0.05) is 47.7 Å². The Hall–Kier alpha value is -3.19. The molecule has 4 rings (SSSR count). The number of rotatable bonds is 4. The minimum absolute atomic E-state index is 0.349. The van der Waals surface area contributed by atoms with Crippen LogP contribution in [-0.2, 0) is 14.3 Å². The molecule has 2 aromatic carbocycles. The summed E-state index contributed by atoms with van der Waals surface area (Å²) in [5.74, 6) is 0.191. The number of thiazole rings is 1. The van der Waals surface area contributed by atoms with Crippen LogP contribution in [0.3, 0.4) is 0 Å². The van der Waals surface area contributed by atoms with Gasteiger partial charge in [0.2, 0.25) is 4.96 Å². The Morgan fingerprint density at radius 1 is 1.15 bits per heavy atom. The molecule has 0 saturated heterocycles. The minimum atomic E-state index is -0.459. The molecule has 27 heavy (non-hydrogen) atoms. The van der Waals surface area contributed by atoms with E-state index in [-0.39, 0.29) is 0 Å². The van der Waals surface area contributed by atoms with Gasteiger partial charge in [0.1, 0.15) is 5.57 Å². The lowest BCUT2D eigenvalue weighted by molar-refractivity contribution is -0.133. The van der Waals surface area contributed by atoms with Crippen molar-refractivity contribution in [3.63, 3.8) is 0 Å². The van der Waals surface area contributed by atoms with Crippen LogP contribution in [0.2, 0.25) is 0 Å². The quantitative estimate of drug-likeness (QED) is 0.304. The Kier molecular flexibility index (Phi) is 4.37. The van der Waals surface area contributed by atoms with Crippen molar-refractivity contribution in [3.05, 3.63) is 59.3 Å². The van der Waals surface area contributed by atoms with Crippen molar-refractivity contribution in [2.75, 3.05) is 14.2 Å². The molecule has 4 aromatic rings. The van der Waals surface area contributed by atoms with Gasteiger partial charge in [-0.3, -0.25) is 0 Å². The van der Waals surface area contributed by atoms with Gasteiger partial charge in [0, 0.05) is 5.56 Å². The summed E-state index contributed by atoms with van der Waals surface area (Å²) in [5, 5.41) is 6.95. The molecule has 0 aliphatic heterocycles. The van der Waals surface area contributed by atoms with E-state index < -0.39 is 5.97 Å². The smallest absolute Gasteiger partial charge is 0.342 e. The summed E-state index contributed by atoms with van der Waals surface area (Å²) < 4.78 is 11.6. The highest BCUT2D eigenvalue weighted by molar-refractivity contribution is 7.18. The standard InChI is InChI=1S/C20H17N3O3S/c1-12-17(16(11-25-2)19(24)26-3)27-20-21-18(22-23(12)20)15-9-8-13-6-4-5-7-14(13)10-15/h4-11H,1-3H3/b16-11-. The topological polar surface area (TPSA) is 65.7 Å². The minimum Gasteiger partial charge on any atom is -0.503 e. The normalized spacial score (nSPS) is 11.9. The predicted octanol–water partition coefficient (Wildman–Crippen LogP) is 4.08. The van der Waals surface area contributed by atoms with E-state index in [1.54, 1.807) is 4.52 Å². The Bertz CT molecular complexity index is 1190. The lowest BCUT2D eigenvalue weighted by atomic mass is 10.1. The molecular formula is C20H17N3O3S. The highest BCUT2D eigenvalue weighted by atomic mass is 32.1. The number of hydrogen-bond acceptors (Lipinski definition) is 6. The first-order valence-corrected chi connectivity index (χ1v) is 9.11. The molecule has 2 aromatic heterocycles. The summed E-state index contributed by atoms with van der Waals surface area (Å²) in [7, 11) is 2.84. The third-order valence-electron chi connectivity index (χ3n) is 4.31. The maximum absolute atomic E-state index is 12.1. The number of nitrogens with zero attached hydrogens (tertiary/aromatic N) is 3. The van der Waals surface area contributed by atoms with Crippen molar-refractivity contribution in [2.24, 2.45) is 0 Å². The molecule has 2 heterocycles. The van der Waals surface area contributed by atoms with Gasteiger partial charge in [0.25, 0.3) is 0 Å². The third-order valence-corrected chi connectivity index (χ3v) is 5.48. The third kappa shape index (κ3) is 2.96. The van der Waals surface area contributed by atoms with Crippen LogP contribution in [0.5, 0.6) is 0 Å². The molecule has 0 atom stereocenters. The van der Waals surface area contributed by atoms with Gasteiger partial charge in [-0.15, -0.1) is 5.10 Å². The van der Waals surface area contributed by atoms with Crippen LogP contribution in [0, 0.1) is 6.92 Å². The fraction of sp³-hybridized carbons (Fsp3) is 0.150. The zero-order chi connectivity index (χ0) is 19.0. The maximum Gasteiger partial charge on any atom is 0.342 e. The zero-order valence-electron chi connectivity index (χ0n) is 15.1. The molecule has 0 fully saturated rings. The van der Waals surface area contributed by atoms with Crippen molar-refractivity contribution >= 4 is 38.6 Å². The molecule has 7 heteroatoms. The summed E-state index contributed by atoms with van der Waals surface area (Å²) in [6.45, 7) is 1.89. The number of fused-ring (bicyclic) bond motifs is 2. The average Bonchev–Trinajstić information content (AvgIpc) is 3.25. The van der Waals surface area contributed by atoms with Crippen LogP contribution in [0.4, 0.5) is 0 Å². The molecule has 0 radical (unpaired) electrons. The van der Waals surface area contributed by atoms with Crippen molar-refractivity contribution in [3.8, 4) is 11.4 Å². The maximum atomic E-state index is 12.1. The Labute approximate surface area is 159 Å². The number of carbonyl (C=O) groups is 1. The summed E-state index contributed by atoms with van der Waals surface area (Å²) in [5.41, 5.74) is 2.11. The number of esters is 1. The molecule has 0 saturated carbocycles. The molecule has 0 N–H and O–H groups in total. The lowest BCUT2D eigenvalue weighted by Gasteiger charge is -2.04. The van der Waals surface area contributed by atoms with E-state index in [4.69, 9.17) is 9.47 Å². The number of carbonyl (C=O) groups excluding carboxylic acids is 1. The fourth-order valence-electron chi connectivity index (χ4n) is 2.97. The van der Waals surface area contributed by atoms with Gasteiger partial charge in [-0.25, -0.2) is 9.31 Å².